The first kappa shape index (κ1) is 13.6. The second-order valence-corrected chi connectivity index (χ2v) is 5.14. The first-order valence-electron chi connectivity index (χ1n) is 5.86. The van der Waals surface area contributed by atoms with Crippen molar-refractivity contribution < 1.29 is 8.78 Å². The molecule has 3 rings (SSSR count). The lowest BCUT2D eigenvalue weighted by Gasteiger charge is -2.02. The summed E-state index contributed by atoms with van der Waals surface area (Å²) in [4.78, 5) is 24.6. The Labute approximate surface area is 120 Å². The number of nitrogens with two attached hydrogens (primary N) is 1. The maximum atomic E-state index is 13.5. The Bertz CT molecular complexity index is 855. The molecule has 4 N–H and O–H groups in total. The minimum atomic E-state index is -0.626. The van der Waals surface area contributed by atoms with Gasteiger partial charge in [0, 0.05) is 11.3 Å². The van der Waals surface area contributed by atoms with Gasteiger partial charge in [0.05, 0.1) is 0 Å². The van der Waals surface area contributed by atoms with Crippen LogP contribution in [0.5, 0.6) is 0 Å². The van der Waals surface area contributed by atoms with Gasteiger partial charge in [-0.1, -0.05) is 17.8 Å². The van der Waals surface area contributed by atoms with Gasteiger partial charge in [-0.05, 0) is 12.1 Å². The third-order valence-electron chi connectivity index (χ3n) is 2.77. The number of benzene rings is 1. The molecular formula is C12H9F2N5OS. The van der Waals surface area contributed by atoms with Crippen molar-refractivity contribution in [3.8, 4) is 0 Å². The fourth-order valence-corrected chi connectivity index (χ4v) is 2.66. The molecule has 0 aliphatic carbocycles. The molecule has 0 saturated heterocycles. The molecule has 2 heterocycles. The van der Waals surface area contributed by atoms with Gasteiger partial charge >= 0.3 is 0 Å². The van der Waals surface area contributed by atoms with E-state index in [9.17, 15) is 13.6 Å². The average molecular weight is 309 g/mol. The smallest absolute Gasteiger partial charge is 0.278 e. The summed E-state index contributed by atoms with van der Waals surface area (Å²) in [5, 5.41) is 0.330. The number of thioether (sulfide) groups is 1. The van der Waals surface area contributed by atoms with Crippen LogP contribution in [0.2, 0.25) is 0 Å². The van der Waals surface area contributed by atoms with Crippen molar-refractivity contribution in [2.45, 2.75) is 10.9 Å². The first-order valence-corrected chi connectivity index (χ1v) is 6.84. The lowest BCUT2D eigenvalue weighted by molar-refractivity contribution is 0.566. The molecule has 0 bridgehead atoms. The van der Waals surface area contributed by atoms with Gasteiger partial charge in [-0.25, -0.2) is 13.8 Å². The molecule has 0 aliphatic rings. The molecule has 0 fully saturated rings. The number of anilines is 1. The van der Waals surface area contributed by atoms with E-state index in [2.05, 4.69) is 19.9 Å². The molecule has 9 heteroatoms. The molecule has 108 valence electrons. The molecule has 0 unspecified atom stereocenters. The number of nitrogen functional groups attached to an aromatic ring is 1. The molecule has 0 atom stereocenters. The Morgan fingerprint density at radius 3 is 2.62 bits per heavy atom. The fourth-order valence-electron chi connectivity index (χ4n) is 1.78. The topological polar surface area (TPSA) is 100 Å². The van der Waals surface area contributed by atoms with Crippen LogP contribution < -0.4 is 11.3 Å². The predicted octanol–water partition coefficient (Wildman–Crippen LogP) is 1.80. The van der Waals surface area contributed by atoms with Crippen LogP contribution in [0, 0.1) is 11.6 Å². The number of rotatable bonds is 3. The summed E-state index contributed by atoms with van der Waals surface area (Å²) in [6.45, 7) is 0. The van der Waals surface area contributed by atoms with Crippen LogP contribution in [0.15, 0.2) is 28.2 Å². The summed E-state index contributed by atoms with van der Waals surface area (Å²) < 4.78 is 27.0. The number of aromatic nitrogens is 4. The highest BCUT2D eigenvalue weighted by Gasteiger charge is 2.12. The van der Waals surface area contributed by atoms with Gasteiger partial charge in [-0.3, -0.25) is 9.78 Å². The van der Waals surface area contributed by atoms with Gasteiger partial charge in [0.2, 0.25) is 5.95 Å². The van der Waals surface area contributed by atoms with Crippen LogP contribution in [-0.2, 0) is 5.75 Å². The molecule has 0 spiro atoms. The van der Waals surface area contributed by atoms with Crippen LogP contribution >= 0.6 is 11.8 Å². The molecule has 6 nitrogen and oxygen atoms in total. The van der Waals surface area contributed by atoms with Crippen LogP contribution in [0.25, 0.3) is 11.2 Å². The van der Waals surface area contributed by atoms with E-state index in [0.717, 1.165) is 11.8 Å². The van der Waals surface area contributed by atoms with E-state index in [1.165, 1.54) is 18.2 Å². The zero-order valence-corrected chi connectivity index (χ0v) is 11.3. The van der Waals surface area contributed by atoms with Crippen molar-refractivity contribution in [3.63, 3.8) is 0 Å². The van der Waals surface area contributed by atoms with Crippen molar-refractivity contribution in [3.05, 3.63) is 45.8 Å². The zero-order chi connectivity index (χ0) is 15.0. The van der Waals surface area contributed by atoms with E-state index < -0.39 is 17.2 Å². The summed E-state index contributed by atoms with van der Waals surface area (Å²) in [6, 6.07) is 3.67. The van der Waals surface area contributed by atoms with Gasteiger partial charge in [-0.2, -0.15) is 4.98 Å². The van der Waals surface area contributed by atoms with E-state index in [-0.39, 0.29) is 28.4 Å². The second-order valence-electron chi connectivity index (χ2n) is 4.18. The van der Waals surface area contributed by atoms with Crippen molar-refractivity contribution in [2.75, 3.05) is 5.73 Å². The highest BCUT2D eigenvalue weighted by Crippen LogP contribution is 2.24. The maximum Gasteiger partial charge on any atom is 0.278 e. The summed E-state index contributed by atoms with van der Waals surface area (Å²) in [7, 11) is 0. The first-order chi connectivity index (χ1) is 10.0. The highest BCUT2D eigenvalue weighted by molar-refractivity contribution is 7.98. The molecular weight excluding hydrogens is 300 g/mol. The molecule has 0 saturated carbocycles. The third kappa shape index (κ3) is 2.59. The molecule has 21 heavy (non-hydrogen) atoms. The molecule has 1 aromatic carbocycles. The van der Waals surface area contributed by atoms with Gasteiger partial charge < -0.3 is 10.7 Å². The minimum Gasteiger partial charge on any atom is -0.369 e. The number of hydrogen-bond acceptors (Lipinski definition) is 5. The maximum absolute atomic E-state index is 13.5. The van der Waals surface area contributed by atoms with E-state index >= 15 is 0 Å². The van der Waals surface area contributed by atoms with Gasteiger partial charge in [0.15, 0.2) is 16.3 Å². The van der Waals surface area contributed by atoms with Crippen molar-refractivity contribution >= 4 is 28.9 Å². The van der Waals surface area contributed by atoms with E-state index in [1.54, 1.807) is 0 Å². The number of H-pyrrole nitrogens is 2. The van der Waals surface area contributed by atoms with Crippen molar-refractivity contribution in [2.24, 2.45) is 0 Å². The van der Waals surface area contributed by atoms with Crippen molar-refractivity contribution in [1.82, 2.24) is 19.9 Å². The quantitative estimate of drug-likeness (QED) is 0.641. The van der Waals surface area contributed by atoms with E-state index in [1.807, 2.05) is 0 Å². The Balaban J connectivity index is 1.89. The minimum absolute atomic E-state index is 0.0334. The molecule has 0 aliphatic heterocycles. The number of aromatic amines is 2. The average Bonchev–Trinajstić information content (AvgIpc) is 2.81. The monoisotopic (exact) mass is 309 g/mol. The number of nitrogens with one attached hydrogen (secondary N) is 2. The SMILES string of the molecule is Nc1nc2nc(SCc3c(F)cccc3F)[nH]c2c(=O)[nH]1. The molecule has 0 amide bonds. The number of hydrogen-bond donors (Lipinski definition) is 3. The largest absolute Gasteiger partial charge is 0.369 e. The number of halogens is 2. The molecule has 3 aromatic rings. The zero-order valence-electron chi connectivity index (χ0n) is 10.5. The van der Waals surface area contributed by atoms with Gasteiger partial charge in [-0.15, -0.1) is 0 Å². The standard InChI is InChI=1S/C12H9F2N5OS/c13-6-2-1-3-7(14)5(6)4-21-12-16-8-9(18-12)17-11(15)19-10(8)20/h1-3H,4H2,(H4,15,16,17,18,19,20). The Hall–Kier alpha value is -2.42. The van der Waals surface area contributed by atoms with Crippen molar-refractivity contribution in [1.29, 1.82) is 0 Å². The highest BCUT2D eigenvalue weighted by atomic mass is 32.2. The molecule has 2 aromatic heterocycles. The van der Waals surface area contributed by atoms with E-state index in [0.29, 0.717) is 5.16 Å². The summed E-state index contributed by atoms with van der Waals surface area (Å²) in [5.41, 5.74) is 5.24. The van der Waals surface area contributed by atoms with Crippen LogP contribution in [0.1, 0.15) is 5.56 Å². The van der Waals surface area contributed by atoms with E-state index in [4.69, 9.17) is 5.73 Å². The lowest BCUT2D eigenvalue weighted by atomic mass is 10.2. The summed E-state index contributed by atoms with van der Waals surface area (Å²) in [6.07, 6.45) is 0. The number of fused-ring (bicyclic) bond motifs is 1. The van der Waals surface area contributed by atoms with Crippen LogP contribution in [0.4, 0.5) is 14.7 Å². The summed E-state index contributed by atoms with van der Waals surface area (Å²) >= 11 is 1.06. The Kier molecular flexibility index (Phi) is 3.34. The van der Waals surface area contributed by atoms with Crippen LogP contribution in [-0.4, -0.2) is 19.9 Å². The normalized spacial score (nSPS) is 11.1. The third-order valence-corrected chi connectivity index (χ3v) is 3.67. The molecule has 0 radical (unpaired) electrons. The Morgan fingerprint density at radius 1 is 1.19 bits per heavy atom. The van der Waals surface area contributed by atoms with Crippen LogP contribution in [0.3, 0.4) is 0 Å². The fraction of sp³-hybridized carbons (Fsp3) is 0.0833. The van der Waals surface area contributed by atoms with Gasteiger partial charge in [0.1, 0.15) is 11.6 Å². The number of nitrogens with zero attached hydrogens (tertiary/aromatic N) is 2. The predicted molar refractivity (Wildman–Crippen MR) is 74.8 cm³/mol. The Morgan fingerprint density at radius 2 is 1.90 bits per heavy atom. The summed E-state index contributed by atoms with van der Waals surface area (Å²) in [5.74, 6) is -1.26. The second kappa shape index (κ2) is 5.17. The number of imidazole rings is 1. The lowest BCUT2D eigenvalue weighted by Crippen LogP contribution is -2.10. The van der Waals surface area contributed by atoms with Gasteiger partial charge in [0.25, 0.3) is 5.56 Å².